The van der Waals surface area contributed by atoms with E-state index < -0.39 is 32.5 Å². The Morgan fingerprint density at radius 3 is 1.83 bits per heavy atom. The number of carbonyl (C=O) groups excluding carboxylic acids is 3. The molecule has 0 radical (unpaired) electrons. The van der Waals surface area contributed by atoms with E-state index in [2.05, 4.69) is 26.0 Å². The Kier molecular flexibility index (Phi) is 32.6. The molecule has 0 aromatic carbocycles. The molecule has 2 atom stereocenters. The molecular formula is C42H74NO9P. The molecular weight excluding hydrogens is 693 g/mol. The van der Waals surface area contributed by atoms with Crippen LogP contribution in [0.15, 0.2) is 48.6 Å². The first-order valence-electron chi connectivity index (χ1n) is 20.3. The molecule has 53 heavy (non-hydrogen) atoms. The van der Waals surface area contributed by atoms with Gasteiger partial charge in [-0.2, -0.15) is 0 Å². The number of allylic oxidation sites excluding steroid dienone is 8. The van der Waals surface area contributed by atoms with Crippen molar-refractivity contribution in [3.8, 4) is 0 Å². The fourth-order valence-electron chi connectivity index (χ4n) is 5.07. The van der Waals surface area contributed by atoms with Crippen molar-refractivity contribution in [2.45, 2.75) is 155 Å². The number of hydrogen-bond acceptors (Lipinski definition) is 9. The molecule has 0 saturated heterocycles. The average Bonchev–Trinajstić information content (AvgIpc) is 3.09. The van der Waals surface area contributed by atoms with Gasteiger partial charge in [-0.05, 0) is 44.6 Å². The van der Waals surface area contributed by atoms with Crippen molar-refractivity contribution >= 4 is 25.5 Å². The van der Waals surface area contributed by atoms with Crippen LogP contribution >= 0.6 is 7.82 Å². The van der Waals surface area contributed by atoms with E-state index in [4.69, 9.17) is 18.5 Å². The average molecular weight is 768 g/mol. The van der Waals surface area contributed by atoms with Crippen LogP contribution in [0.5, 0.6) is 0 Å². The third kappa shape index (κ3) is 37.7. The largest absolute Gasteiger partial charge is 0.756 e. The van der Waals surface area contributed by atoms with Crippen LogP contribution in [0.25, 0.3) is 0 Å². The summed E-state index contributed by atoms with van der Waals surface area (Å²) in [6, 6.07) is 0. The van der Waals surface area contributed by atoms with Crippen molar-refractivity contribution in [3.63, 3.8) is 0 Å². The summed E-state index contributed by atoms with van der Waals surface area (Å²) in [5, 5.41) is 0. The van der Waals surface area contributed by atoms with E-state index in [-0.39, 0.29) is 31.8 Å². The standard InChI is InChI=1S/C42H74NO9P/c1-6-8-10-11-12-13-15-19-22-25-29-33-41(45)49-37-40(38-51-53(47,48)50-36-35-43(3,4)5)52-42(46)34-30-26-23-20-17-14-16-18-21-24-28-32-39(44)31-27-9-7-2/h14,16,20-21,23-24,28,32,40H,6-13,15,17-19,22,25-27,29-31,33-38H2,1-5H3/b16-14-,23-20-,24-21-,32-28+/t40-/m1/s1. The maximum Gasteiger partial charge on any atom is 0.306 e. The zero-order valence-electron chi connectivity index (χ0n) is 33.9. The summed E-state index contributed by atoms with van der Waals surface area (Å²) < 4.78 is 33.7. The van der Waals surface area contributed by atoms with E-state index in [1.165, 1.54) is 44.9 Å². The molecule has 1 unspecified atom stereocenters. The highest BCUT2D eigenvalue weighted by Crippen LogP contribution is 2.38. The first kappa shape index (κ1) is 50.6. The van der Waals surface area contributed by atoms with Crippen LogP contribution in [0, 0.1) is 0 Å². The smallest absolute Gasteiger partial charge is 0.306 e. The zero-order chi connectivity index (χ0) is 39.5. The van der Waals surface area contributed by atoms with E-state index in [0.717, 1.165) is 51.4 Å². The van der Waals surface area contributed by atoms with Gasteiger partial charge in [0.05, 0.1) is 27.7 Å². The number of hydrogen-bond donors (Lipinski definition) is 0. The van der Waals surface area contributed by atoms with Gasteiger partial charge in [-0.25, -0.2) is 0 Å². The van der Waals surface area contributed by atoms with E-state index in [9.17, 15) is 23.8 Å². The second-order valence-electron chi connectivity index (χ2n) is 14.7. The first-order chi connectivity index (χ1) is 25.4. The maximum atomic E-state index is 12.6. The molecule has 11 heteroatoms. The van der Waals surface area contributed by atoms with E-state index in [1.807, 2.05) is 45.4 Å². The Hall–Kier alpha value is -2.36. The molecule has 0 aliphatic rings. The molecule has 0 rings (SSSR count). The van der Waals surface area contributed by atoms with Crippen LogP contribution in [0.2, 0.25) is 0 Å². The Bertz CT molecular complexity index is 1110. The second-order valence-corrected chi connectivity index (χ2v) is 16.1. The number of likely N-dealkylation sites (N-methyl/N-ethyl adjacent to an activating group) is 1. The van der Waals surface area contributed by atoms with Crippen LogP contribution in [0.1, 0.15) is 149 Å². The van der Waals surface area contributed by atoms with Crippen LogP contribution in [-0.2, 0) is 37.5 Å². The van der Waals surface area contributed by atoms with Crippen molar-refractivity contribution in [2.24, 2.45) is 0 Å². The number of phosphoric acid groups is 1. The van der Waals surface area contributed by atoms with Crippen molar-refractivity contribution in [1.29, 1.82) is 0 Å². The van der Waals surface area contributed by atoms with Gasteiger partial charge in [0.25, 0.3) is 7.82 Å². The van der Waals surface area contributed by atoms with Crippen LogP contribution in [0.3, 0.4) is 0 Å². The molecule has 10 nitrogen and oxygen atoms in total. The van der Waals surface area contributed by atoms with Gasteiger partial charge in [-0.15, -0.1) is 0 Å². The SMILES string of the molecule is CCCCCCCCCCCCCC(=O)OC[C@H](COP(=O)([O-])OCC[N+](C)(C)C)OC(=O)CCC/C=C\C/C=C\C/C=C\C=C\C(=O)CCCCC. The van der Waals surface area contributed by atoms with Gasteiger partial charge in [0.1, 0.15) is 19.8 Å². The summed E-state index contributed by atoms with van der Waals surface area (Å²) in [5.41, 5.74) is 0. The maximum absolute atomic E-state index is 12.6. The van der Waals surface area contributed by atoms with Gasteiger partial charge in [0.15, 0.2) is 11.9 Å². The van der Waals surface area contributed by atoms with Gasteiger partial charge in [0.2, 0.25) is 0 Å². The molecule has 0 aromatic rings. The van der Waals surface area contributed by atoms with Crippen LogP contribution < -0.4 is 4.89 Å². The minimum Gasteiger partial charge on any atom is -0.756 e. The predicted molar refractivity (Wildman–Crippen MR) is 213 cm³/mol. The quantitative estimate of drug-likeness (QED) is 0.0116. The summed E-state index contributed by atoms with van der Waals surface area (Å²) in [7, 11) is 1.09. The summed E-state index contributed by atoms with van der Waals surface area (Å²) in [6.45, 7) is 3.95. The molecule has 0 saturated carbocycles. The fourth-order valence-corrected chi connectivity index (χ4v) is 5.80. The zero-order valence-corrected chi connectivity index (χ0v) is 34.8. The number of rotatable bonds is 36. The Labute approximate surface area is 322 Å². The number of quaternary nitrogens is 1. The van der Waals surface area contributed by atoms with E-state index in [1.54, 1.807) is 12.2 Å². The third-order valence-electron chi connectivity index (χ3n) is 8.33. The number of esters is 2. The Morgan fingerprint density at radius 2 is 1.19 bits per heavy atom. The lowest BCUT2D eigenvalue weighted by Crippen LogP contribution is -2.37. The molecule has 0 aliphatic carbocycles. The lowest BCUT2D eigenvalue weighted by Gasteiger charge is -2.28. The highest BCUT2D eigenvalue weighted by Gasteiger charge is 2.21. The van der Waals surface area contributed by atoms with Crippen molar-refractivity contribution in [3.05, 3.63) is 48.6 Å². The van der Waals surface area contributed by atoms with Gasteiger partial charge < -0.3 is 27.9 Å². The van der Waals surface area contributed by atoms with Crippen LogP contribution in [0.4, 0.5) is 0 Å². The lowest BCUT2D eigenvalue weighted by molar-refractivity contribution is -0.870. The molecule has 0 amide bonds. The number of ether oxygens (including phenoxy) is 2. The first-order valence-corrected chi connectivity index (χ1v) is 21.8. The van der Waals surface area contributed by atoms with Crippen molar-refractivity contribution in [2.75, 3.05) is 47.5 Å². The fraction of sp³-hybridized carbons (Fsp3) is 0.738. The normalized spacial score (nSPS) is 14.1. The number of unbranched alkanes of at least 4 members (excludes halogenated alkanes) is 13. The van der Waals surface area contributed by atoms with E-state index in [0.29, 0.717) is 36.7 Å². The minimum atomic E-state index is -4.65. The number of carbonyl (C=O) groups is 3. The molecule has 306 valence electrons. The predicted octanol–water partition coefficient (Wildman–Crippen LogP) is 9.68. The highest BCUT2D eigenvalue weighted by atomic mass is 31.2. The molecule has 0 heterocycles. The molecule has 0 aliphatic heterocycles. The van der Waals surface area contributed by atoms with Crippen LogP contribution in [-0.4, -0.2) is 75.8 Å². The third-order valence-corrected chi connectivity index (χ3v) is 9.29. The van der Waals surface area contributed by atoms with Gasteiger partial charge in [-0.1, -0.05) is 133 Å². The monoisotopic (exact) mass is 768 g/mol. The second kappa shape index (κ2) is 34.2. The van der Waals surface area contributed by atoms with Crippen molar-refractivity contribution < 1.29 is 46.8 Å². The van der Waals surface area contributed by atoms with Gasteiger partial charge in [0, 0.05) is 19.3 Å². The molecule has 0 aromatic heterocycles. The molecule has 0 N–H and O–H groups in total. The summed E-state index contributed by atoms with van der Waals surface area (Å²) in [6.07, 6.45) is 34.2. The molecule has 0 spiro atoms. The van der Waals surface area contributed by atoms with Crippen molar-refractivity contribution in [1.82, 2.24) is 0 Å². The molecule has 0 fully saturated rings. The topological polar surface area (TPSA) is 128 Å². The lowest BCUT2D eigenvalue weighted by atomic mass is 10.1. The van der Waals surface area contributed by atoms with Gasteiger partial charge in [-0.3, -0.25) is 18.9 Å². The highest BCUT2D eigenvalue weighted by molar-refractivity contribution is 7.45. The number of nitrogens with zero attached hydrogens (tertiary/aromatic N) is 1. The number of phosphoric ester groups is 1. The Balaban J connectivity index is 4.56. The summed E-state index contributed by atoms with van der Waals surface area (Å²) in [4.78, 5) is 49.1. The summed E-state index contributed by atoms with van der Waals surface area (Å²) in [5.74, 6) is -0.772. The molecule has 0 bridgehead atoms. The minimum absolute atomic E-state index is 0.0525. The van der Waals surface area contributed by atoms with E-state index >= 15 is 0 Å². The summed E-state index contributed by atoms with van der Waals surface area (Å²) >= 11 is 0. The number of ketones is 1. The Morgan fingerprint density at radius 1 is 0.642 bits per heavy atom. The van der Waals surface area contributed by atoms with Gasteiger partial charge >= 0.3 is 11.9 Å².